The van der Waals surface area contributed by atoms with E-state index >= 15 is 0 Å². The summed E-state index contributed by atoms with van der Waals surface area (Å²) in [6, 6.07) is 10.4. The van der Waals surface area contributed by atoms with Crippen molar-refractivity contribution in [3.05, 3.63) is 51.6 Å². The molecule has 2 heterocycles. The van der Waals surface area contributed by atoms with Crippen molar-refractivity contribution < 1.29 is 0 Å². The minimum atomic E-state index is -0.0701. The van der Waals surface area contributed by atoms with E-state index in [1.54, 1.807) is 17.5 Å². The number of hydrogen-bond donors (Lipinski definition) is 2. The fourth-order valence-electron chi connectivity index (χ4n) is 2.19. The summed E-state index contributed by atoms with van der Waals surface area (Å²) in [5.41, 5.74) is 3.91. The van der Waals surface area contributed by atoms with Crippen molar-refractivity contribution in [1.29, 1.82) is 0 Å². The van der Waals surface area contributed by atoms with Crippen LogP contribution in [0.25, 0.3) is 10.1 Å². The highest BCUT2D eigenvalue weighted by molar-refractivity contribution is 9.10. The predicted molar refractivity (Wildman–Crippen MR) is 81.9 cm³/mol. The average molecular weight is 337 g/mol. The van der Waals surface area contributed by atoms with Crippen LogP contribution < -0.4 is 11.3 Å². The van der Waals surface area contributed by atoms with Gasteiger partial charge >= 0.3 is 0 Å². The van der Waals surface area contributed by atoms with Crippen LogP contribution >= 0.6 is 27.3 Å². The van der Waals surface area contributed by atoms with Gasteiger partial charge in [0.25, 0.3) is 0 Å². The topological polar surface area (TPSA) is 55.9 Å². The maximum atomic E-state index is 5.75. The molecule has 0 spiro atoms. The molecule has 1 aromatic carbocycles. The van der Waals surface area contributed by atoms with Gasteiger partial charge in [0.15, 0.2) is 0 Å². The second-order valence-electron chi connectivity index (χ2n) is 4.29. The minimum absolute atomic E-state index is 0.0701. The van der Waals surface area contributed by atoms with Gasteiger partial charge in [-0.05, 0) is 33.4 Å². The molecule has 0 aliphatic heterocycles. The molecule has 6 heteroatoms. The van der Waals surface area contributed by atoms with Crippen LogP contribution in [-0.4, -0.2) is 9.78 Å². The highest BCUT2D eigenvalue weighted by Crippen LogP contribution is 2.34. The number of nitrogens with one attached hydrogen (secondary N) is 1. The van der Waals surface area contributed by atoms with Crippen molar-refractivity contribution in [2.75, 3.05) is 0 Å². The lowest BCUT2D eigenvalue weighted by atomic mass is 10.1. The summed E-state index contributed by atoms with van der Waals surface area (Å²) in [6.07, 6.45) is 1.78. The van der Waals surface area contributed by atoms with Gasteiger partial charge in [0.2, 0.25) is 0 Å². The summed E-state index contributed by atoms with van der Waals surface area (Å²) in [5.74, 6) is 5.75. The van der Waals surface area contributed by atoms with Crippen LogP contribution in [0.1, 0.15) is 16.6 Å². The predicted octanol–water partition coefficient (Wildman–Crippen LogP) is 2.95. The van der Waals surface area contributed by atoms with Gasteiger partial charge in [-0.1, -0.05) is 18.2 Å². The molecule has 2 aromatic heterocycles. The number of aromatic nitrogens is 2. The van der Waals surface area contributed by atoms with Crippen molar-refractivity contribution >= 4 is 37.4 Å². The monoisotopic (exact) mass is 336 g/mol. The SMILES string of the molecule is Cn1ncc(Br)c1C(NN)c1cc2ccccc2s1. The molecule has 0 aliphatic carbocycles. The largest absolute Gasteiger partial charge is 0.270 e. The van der Waals surface area contributed by atoms with E-state index in [0.717, 1.165) is 10.2 Å². The molecule has 4 nitrogen and oxygen atoms in total. The van der Waals surface area contributed by atoms with Gasteiger partial charge in [-0.15, -0.1) is 11.3 Å². The Kier molecular flexibility index (Phi) is 3.40. The fourth-order valence-corrected chi connectivity index (χ4v) is 3.89. The highest BCUT2D eigenvalue weighted by atomic mass is 79.9. The van der Waals surface area contributed by atoms with Crippen molar-refractivity contribution in [2.24, 2.45) is 12.9 Å². The van der Waals surface area contributed by atoms with Gasteiger partial charge in [-0.2, -0.15) is 5.10 Å². The number of nitrogens with zero attached hydrogens (tertiary/aromatic N) is 2. The molecule has 0 fully saturated rings. The van der Waals surface area contributed by atoms with Gasteiger partial charge in [-0.3, -0.25) is 10.5 Å². The zero-order valence-corrected chi connectivity index (χ0v) is 12.7. The summed E-state index contributed by atoms with van der Waals surface area (Å²) in [5, 5.41) is 5.48. The number of thiophene rings is 1. The molecular weight excluding hydrogens is 324 g/mol. The first-order chi connectivity index (χ1) is 9.20. The number of halogens is 1. The first kappa shape index (κ1) is 12.8. The Hall–Kier alpha value is -1.21. The van der Waals surface area contributed by atoms with E-state index in [0.29, 0.717) is 0 Å². The van der Waals surface area contributed by atoms with Crippen LogP contribution in [0.15, 0.2) is 41.0 Å². The number of benzene rings is 1. The van der Waals surface area contributed by atoms with E-state index in [1.165, 1.54) is 15.0 Å². The molecule has 0 radical (unpaired) electrons. The lowest BCUT2D eigenvalue weighted by molar-refractivity contribution is 0.580. The number of fused-ring (bicyclic) bond motifs is 1. The van der Waals surface area contributed by atoms with E-state index in [-0.39, 0.29) is 6.04 Å². The Bertz CT molecular complexity index is 666. The summed E-state index contributed by atoms with van der Waals surface area (Å²) in [4.78, 5) is 1.17. The molecule has 0 bridgehead atoms. The second-order valence-corrected chi connectivity index (χ2v) is 6.26. The van der Waals surface area contributed by atoms with Crippen molar-refractivity contribution in [1.82, 2.24) is 15.2 Å². The van der Waals surface area contributed by atoms with E-state index in [4.69, 9.17) is 5.84 Å². The van der Waals surface area contributed by atoms with Crippen LogP contribution in [0.2, 0.25) is 0 Å². The fraction of sp³-hybridized carbons (Fsp3) is 0.154. The molecule has 0 saturated heterocycles. The maximum absolute atomic E-state index is 5.75. The van der Waals surface area contributed by atoms with E-state index in [1.807, 2.05) is 23.9 Å². The summed E-state index contributed by atoms with van der Waals surface area (Å²) in [6.45, 7) is 0. The van der Waals surface area contributed by atoms with Crippen molar-refractivity contribution in [3.8, 4) is 0 Å². The third-order valence-corrected chi connectivity index (χ3v) is 4.90. The first-order valence-electron chi connectivity index (χ1n) is 5.82. The molecule has 3 N–H and O–H groups in total. The summed E-state index contributed by atoms with van der Waals surface area (Å²) in [7, 11) is 1.91. The zero-order valence-electron chi connectivity index (χ0n) is 10.3. The molecule has 3 aromatic rings. The summed E-state index contributed by atoms with van der Waals surface area (Å²) >= 11 is 5.27. The Morgan fingerprint density at radius 1 is 1.42 bits per heavy atom. The Morgan fingerprint density at radius 3 is 2.84 bits per heavy atom. The minimum Gasteiger partial charge on any atom is -0.270 e. The van der Waals surface area contributed by atoms with Crippen molar-refractivity contribution in [3.63, 3.8) is 0 Å². The van der Waals surface area contributed by atoms with Gasteiger partial charge in [0.1, 0.15) is 0 Å². The maximum Gasteiger partial charge on any atom is 0.0981 e. The average Bonchev–Trinajstić information content (AvgIpc) is 2.97. The third kappa shape index (κ3) is 2.21. The van der Waals surface area contributed by atoms with Crippen LogP contribution in [0.5, 0.6) is 0 Å². The Labute approximate surface area is 123 Å². The number of hydrogen-bond acceptors (Lipinski definition) is 4. The number of nitrogens with two attached hydrogens (primary N) is 1. The summed E-state index contributed by atoms with van der Waals surface area (Å²) < 4.78 is 4.05. The Morgan fingerprint density at radius 2 is 2.21 bits per heavy atom. The quantitative estimate of drug-likeness (QED) is 0.571. The molecule has 0 aliphatic rings. The second kappa shape index (κ2) is 5.05. The van der Waals surface area contributed by atoms with Crippen LogP contribution in [-0.2, 0) is 7.05 Å². The molecule has 1 unspecified atom stereocenters. The Balaban J connectivity index is 2.12. The van der Waals surface area contributed by atoms with Gasteiger partial charge < -0.3 is 0 Å². The van der Waals surface area contributed by atoms with Crippen molar-refractivity contribution in [2.45, 2.75) is 6.04 Å². The zero-order chi connectivity index (χ0) is 13.4. The third-order valence-electron chi connectivity index (χ3n) is 3.11. The van der Waals surface area contributed by atoms with Crippen LogP contribution in [0.4, 0.5) is 0 Å². The molecule has 98 valence electrons. The molecule has 1 atom stereocenters. The molecular formula is C13H13BrN4S. The molecule has 0 saturated carbocycles. The van der Waals surface area contributed by atoms with Gasteiger partial charge in [0, 0.05) is 16.6 Å². The number of rotatable bonds is 3. The van der Waals surface area contributed by atoms with E-state index in [9.17, 15) is 0 Å². The molecule has 0 amide bonds. The molecule has 3 rings (SSSR count). The van der Waals surface area contributed by atoms with Crippen LogP contribution in [0, 0.1) is 0 Å². The smallest absolute Gasteiger partial charge is 0.0981 e. The van der Waals surface area contributed by atoms with Gasteiger partial charge in [-0.25, -0.2) is 5.43 Å². The number of hydrazine groups is 1. The first-order valence-corrected chi connectivity index (χ1v) is 7.43. The van der Waals surface area contributed by atoms with Crippen LogP contribution in [0.3, 0.4) is 0 Å². The van der Waals surface area contributed by atoms with Gasteiger partial charge in [0.05, 0.1) is 22.4 Å². The highest BCUT2D eigenvalue weighted by Gasteiger charge is 2.21. The van der Waals surface area contributed by atoms with E-state index < -0.39 is 0 Å². The van der Waals surface area contributed by atoms with E-state index in [2.05, 4.69) is 44.7 Å². The lowest BCUT2D eigenvalue weighted by Crippen LogP contribution is -2.30. The normalized spacial score (nSPS) is 13.0. The number of aryl methyl sites for hydroxylation is 1. The lowest BCUT2D eigenvalue weighted by Gasteiger charge is -2.15. The molecule has 19 heavy (non-hydrogen) atoms. The standard InChI is InChI=1S/C13H13BrN4S/c1-18-13(9(14)7-16-18)12(17-15)11-6-8-4-2-3-5-10(8)19-11/h2-7,12,17H,15H2,1H3.